The molecule has 1 saturated heterocycles. The highest BCUT2D eigenvalue weighted by atomic mass is 19.2. The molecule has 8 heteroatoms. The number of hydrogen-bond donors (Lipinski definition) is 1. The Balaban J connectivity index is 1.74. The minimum Gasteiger partial charge on any atom is -0.327 e. The Bertz CT molecular complexity index is 856. The summed E-state index contributed by atoms with van der Waals surface area (Å²) in [4.78, 5) is 27.4. The Morgan fingerprint density at radius 1 is 1.00 bits per heavy atom. The van der Waals surface area contributed by atoms with E-state index >= 15 is 0 Å². The maximum Gasteiger partial charge on any atom is 0.324 e. The Morgan fingerprint density at radius 3 is 2.38 bits per heavy atom. The van der Waals surface area contributed by atoms with Crippen LogP contribution in [0.1, 0.15) is 16.8 Å². The van der Waals surface area contributed by atoms with Crippen LogP contribution in [0.5, 0.6) is 0 Å². The molecule has 1 N–H and O–H groups in total. The van der Waals surface area contributed by atoms with Gasteiger partial charge in [0.2, 0.25) is 0 Å². The number of benzene rings is 2. The number of anilines is 2. The SMILES string of the molecule is CN1CCCN(c2ccc(NC(=O)c3ccc(F)c(F)c3F)cc2)C1=O. The number of hydrogen-bond acceptors (Lipinski definition) is 2. The number of nitrogens with one attached hydrogen (secondary N) is 1. The molecule has 1 aliphatic heterocycles. The van der Waals surface area contributed by atoms with Crippen LogP contribution in [0.4, 0.5) is 29.3 Å². The Morgan fingerprint density at radius 2 is 1.69 bits per heavy atom. The molecular weight excluding hydrogens is 347 g/mol. The van der Waals surface area contributed by atoms with Gasteiger partial charge in [-0.2, -0.15) is 0 Å². The van der Waals surface area contributed by atoms with Crippen molar-refractivity contribution < 1.29 is 22.8 Å². The summed E-state index contributed by atoms with van der Waals surface area (Å²) in [5.41, 5.74) is 0.403. The van der Waals surface area contributed by atoms with E-state index in [4.69, 9.17) is 0 Å². The van der Waals surface area contributed by atoms with Crippen molar-refractivity contribution in [2.24, 2.45) is 0 Å². The van der Waals surface area contributed by atoms with Gasteiger partial charge in [0.25, 0.3) is 5.91 Å². The molecule has 0 spiro atoms. The van der Waals surface area contributed by atoms with Crippen LogP contribution in [-0.4, -0.2) is 37.0 Å². The van der Waals surface area contributed by atoms with Crippen LogP contribution in [0.15, 0.2) is 36.4 Å². The van der Waals surface area contributed by atoms with E-state index in [0.29, 0.717) is 30.5 Å². The smallest absolute Gasteiger partial charge is 0.324 e. The molecule has 0 saturated carbocycles. The standard InChI is InChI=1S/C18H16F3N3O2/c1-23-9-2-10-24(18(23)26)12-5-3-11(4-6-12)22-17(25)13-7-8-14(19)16(21)15(13)20/h3-8H,2,9-10H2,1H3,(H,22,25). The fraction of sp³-hybridized carbons (Fsp3) is 0.222. The third-order valence-corrected chi connectivity index (χ3v) is 4.15. The summed E-state index contributed by atoms with van der Waals surface area (Å²) in [6.07, 6.45) is 0.843. The number of amides is 3. The molecule has 0 bridgehead atoms. The first-order valence-electron chi connectivity index (χ1n) is 7.96. The first-order valence-corrected chi connectivity index (χ1v) is 7.96. The molecule has 2 aromatic rings. The molecule has 2 aromatic carbocycles. The van der Waals surface area contributed by atoms with Crippen LogP contribution < -0.4 is 10.2 Å². The summed E-state index contributed by atoms with van der Waals surface area (Å²) in [6, 6.07) is 7.84. The van der Waals surface area contributed by atoms with Crippen LogP contribution in [-0.2, 0) is 0 Å². The van der Waals surface area contributed by atoms with Gasteiger partial charge in [-0.15, -0.1) is 0 Å². The highest BCUT2D eigenvalue weighted by molar-refractivity contribution is 6.04. The van der Waals surface area contributed by atoms with Crippen molar-refractivity contribution in [3.63, 3.8) is 0 Å². The van der Waals surface area contributed by atoms with Gasteiger partial charge in [-0.1, -0.05) is 0 Å². The summed E-state index contributed by atoms with van der Waals surface area (Å²) in [6.45, 7) is 1.29. The van der Waals surface area contributed by atoms with Crippen molar-refractivity contribution in [3.8, 4) is 0 Å². The van der Waals surface area contributed by atoms with Gasteiger partial charge in [0.1, 0.15) is 0 Å². The molecule has 3 amide bonds. The predicted molar refractivity (Wildman–Crippen MR) is 90.7 cm³/mol. The largest absolute Gasteiger partial charge is 0.327 e. The number of rotatable bonds is 3. The van der Waals surface area contributed by atoms with E-state index in [1.54, 1.807) is 41.1 Å². The second-order valence-electron chi connectivity index (χ2n) is 5.93. The maximum absolute atomic E-state index is 13.7. The van der Waals surface area contributed by atoms with Gasteiger partial charge in [0.15, 0.2) is 17.5 Å². The van der Waals surface area contributed by atoms with Gasteiger partial charge >= 0.3 is 6.03 Å². The Hall–Kier alpha value is -3.03. The molecule has 26 heavy (non-hydrogen) atoms. The zero-order valence-electron chi connectivity index (χ0n) is 13.9. The number of carbonyl (C=O) groups excluding carboxylic acids is 2. The number of halogens is 3. The van der Waals surface area contributed by atoms with E-state index in [-0.39, 0.29) is 6.03 Å². The van der Waals surface area contributed by atoms with Crippen LogP contribution in [0.3, 0.4) is 0 Å². The van der Waals surface area contributed by atoms with Crippen molar-refractivity contribution >= 4 is 23.3 Å². The van der Waals surface area contributed by atoms with E-state index < -0.39 is 28.9 Å². The molecule has 1 heterocycles. The van der Waals surface area contributed by atoms with Gasteiger partial charge in [0, 0.05) is 31.5 Å². The van der Waals surface area contributed by atoms with Crippen molar-refractivity contribution in [3.05, 3.63) is 59.4 Å². The third-order valence-electron chi connectivity index (χ3n) is 4.15. The van der Waals surface area contributed by atoms with Gasteiger partial charge in [-0.25, -0.2) is 18.0 Å². The highest BCUT2D eigenvalue weighted by Crippen LogP contribution is 2.23. The summed E-state index contributed by atoms with van der Waals surface area (Å²) in [5, 5.41) is 2.41. The third kappa shape index (κ3) is 3.35. The van der Waals surface area contributed by atoms with Crippen LogP contribution in [0, 0.1) is 17.5 Å². The molecule has 0 aliphatic carbocycles. The molecule has 0 radical (unpaired) electrons. The van der Waals surface area contributed by atoms with E-state index in [9.17, 15) is 22.8 Å². The lowest BCUT2D eigenvalue weighted by Crippen LogP contribution is -2.47. The lowest BCUT2D eigenvalue weighted by Gasteiger charge is -2.33. The van der Waals surface area contributed by atoms with Crippen LogP contribution >= 0.6 is 0 Å². The monoisotopic (exact) mass is 363 g/mol. The molecular formula is C18H16F3N3O2. The molecule has 1 fully saturated rings. The number of nitrogens with zero attached hydrogens (tertiary/aromatic N) is 2. The molecule has 0 aromatic heterocycles. The highest BCUT2D eigenvalue weighted by Gasteiger charge is 2.24. The first-order chi connectivity index (χ1) is 12.4. The minimum atomic E-state index is -1.69. The van der Waals surface area contributed by atoms with E-state index in [2.05, 4.69) is 5.32 Å². The number of carbonyl (C=O) groups is 2. The molecule has 5 nitrogen and oxygen atoms in total. The van der Waals surface area contributed by atoms with Crippen molar-refractivity contribution in [2.75, 3.05) is 30.4 Å². The second kappa shape index (κ2) is 7.07. The minimum absolute atomic E-state index is 0.114. The van der Waals surface area contributed by atoms with Gasteiger partial charge in [-0.05, 0) is 42.8 Å². The maximum atomic E-state index is 13.7. The van der Waals surface area contributed by atoms with Gasteiger partial charge in [0.05, 0.1) is 5.56 Å². The first kappa shape index (κ1) is 17.8. The van der Waals surface area contributed by atoms with Crippen LogP contribution in [0.25, 0.3) is 0 Å². The van der Waals surface area contributed by atoms with Crippen LogP contribution in [0.2, 0.25) is 0 Å². The number of urea groups is 1. The van der Waals surface area contributed by atoms with Crippen molar-refractivity contribution in [1.29, 1.82) is 0 Å². The van der Waals surface area contributed by atoms with Crippen molar-refractivity contribution in [1.82, 2.24) is 4.90 Å². The molecule has 3 rings (SSSR count). The lowest BCUT2D eigenvalue weighted by molar-refractivity contribution is 0.102. The zero-order valence-corrected chi connectivity index (χ0v) is 13.9. The Labute approximate surface area is 148 Å². The topological polar surface area (TPSA) is 52.6 Å². The fourth-order valence-corrected chi connectivity index (χ4v) is 2.73. The Kier molecular flexibility index (Phi) is 4.83. The van der Waals surface area contributed by atoms with E-state index in [0.717, 1.165) is 12.5 Å². The normalized spacial score (nSPS) is 14.5. The predicted octanol–water partition coefficient (Wildman–Crippen LogP) is 3.62. The molecule has 1 aliphatic rings. The van der Waals surface area contributed by atoms with Gasteiger partial charge < -0.3 is 10.2 Å². The average Bonchev–Trinajstić information content (AvgIpc) is 2.63. The summed E-state index contributed by atoms with van der Waals surface area (Å²) in [5.74, 6) is -5.50. The van der Waals surface area contributed by atoms with Crippen molar-refractivity contribution in [2.45, 2.75) is 6.42 Å². The van der Waals surface area contributed by atoms with Gasteiger partial charge in [-0.3, -0.25) is 9.69 Å². The second-order valence-corrected chi connectivity index (χ2v) is 5.93. The lowest BCUT2D eigenvalue weighted by atomic mass is 10.1. The fourth-order valence-electron chi connectivity index (χ4n) is 2.73. The van der Waals surface area contributed by atoms with E-state index in [1.807, 2.05) is 0 Å². The summed E-state index contributed by atoms with van der Waals surface area (Å²) < 4.78 is 39.9. The molecule has 136 valence electrons. The summed E-state index contributed by atoms with van der Waals surface area (Å²) >= 11 is 0. The van der Waals surface area contributed by atoms with E-state index in [1.165, 1.54) is 0 Å². The average molecular weight is 363 g/mol. The molecule has 0 atom stereocenters. The zero-order chi connectivity index (χ0) is 18.8. The summed E-state index contributed by atoms with van der Waals surface area (Å²) in [7, 11) is 1.72. The molecule has 0 unspecified atom stereocenters. The quantitative estimate of drug-likeness (QED) is 0.847.